The molecular formula is C8H11N5O4. The average Bonchev–Trinajstić information content (AvgIpc) is 2.16. The summed E-state index contributed by atoms with van der Waals surface area (Å²) in [4.78, 5) is 22.8. The first-order valence-corrected chi connectivity index (χ1v) is 4.15. The number of rotatable bonds is 2. The van der Waals surface area contributed by atoms with Gasteiger partial charge >= 0.3 is 0 Å². The van der Waals surface area contributed by atoms with Crippen LogP contribution in [0, 0.1) is 10.1 Å². The fraction of sp³-hybridized carbons (Fsp3) is 0. The molecule has 1 aromatic carbocycles. The second-order valence-electron chi connectivity index (χ2n) is 2.69. The molecule has 7 N–H and O–H groups in total. The number of nitrogens with two attached hydrogens (primary N) is 3. The number of amides is 1. The molecule has 0 fully saturated rings. The first-order chi connectivity index (χ1) is 7.82. The Morgan fingerprint density at radius 3 is 1.94 bits per heavy atom. The van der Waals surface area contributed by atoms with Gasteiger partial charge in [0, 0.05) is 5.56 Å². The van der Waals surface area contributed by atoms with Crippen molar-refractivity contribution in [3.05, 3.63) is 39.9 Å². The van der Waals surface area contributed by atoms with Gasteiger partial charge in [-0.1, -0.05) is 0 Å². The predicted octanol–water partition coefficient (Wildman–Crippen LogP) is -0.657. The third-order valence-corrected chi connectivity index (χ3v) is 1.41. The van der Waals surface area contributed by atoms with Crippen LogP contribution in [0.2, 0.25) is 0 Å². The average molecular weight is 241 g/mol. The van der Waals surface area contributed by atoms with Crippen molar-refractivity contribution in [1.29, 1.82) is 0 Å². The van der Waals surface area contributed by atoms with Crippen LogP contribution >= 0.6 is 0 Å². The molecule has 0 heterocycles. The molecule has 9 nitrogen and oxygen atoms in total. The van der Waals surface area contributed by atoms with E-state index >= 15 is 0 Å². The van der Waals surface area contributed by atoms with Gasteiger partial charge in [0.05, 0.1) is 5.69 Å². The van der Waals surface area contributed by atoms with E-state index in [-0.39, 0.29) is 5.96 Å². The smallest absolute Gasteiger partial charge is 0.291 e. The van der Waals surface area contributed by atoms with Gasteiger partial charge in [-0.15, -0.1) is 10.1 Å². The maximum absolute atomic E-state index is 10.7. The number of guanidine groups is 1. The molecule has 0 aliphatic carbocycles. The number of benzene rings is 1. The molecule has 9 heteroatoms. The highest BCUT2D eigenvalue weighted by atomic mass is 16.9. The van der Waals surface area contributed by atoms with Crippen molar-refractivity contribution in [3.63, 3.8) is 0 Å². The molecule has 0 unspecified atom stereocenters. The van der Waals surface area contributed by atoms with E-state index in [2.05, 4.69) is 4.99 Å². The van der Waals surface area contributed by atoms with E-state index in [1.807, 2.05) is 0 Å². The van der Waals surface area contributed by atoms with Gasteiger partial charge in [-0.25, -0.2) is 4.99 Å². The van der Waals surface area contributed by atoms with Gasteiger partial charge in [0.25, 0.3) is 5.09 Å². The largest absolute Gasteiger partial charge is 0.370 e. The van der Waals surface area contributed by atoms with Gasteiger partial charge in [-0.05, 0) is 24.3 Å². The van der Waals surface area contributed by atoms with Crippen LogP contribution in [0.5, 0.6) is 0 Å². The molecule has 0 saturated heterocycles. The Morgan fingerprint density at radius 2 is 1.65 bits per heavy atom. The van der Waals surface area contributed by atoms with Crippen LogP contribution in [-0.2, 0) is 0 Å². The molecule has 0 bridgehead atoms. The summed E-state index contributed by atoms with van der Waals surface area (Å²) < 4.78 is 0. The van der Waals surface area contributed by atoms with Crippen LogP contribution in [-0.4, -0.2) is 22.2 Å². The number of nitrogens with zero attached hydrogens (tertiary/aromatic N) is 2. The Hall–Kier alpha value is -2.84. The first kappa shape index (κ1) is 14.2. The van der Waals surface area contributed by atoms with Gasteiger partial charge in [-0.2, -0.15) is 0 Å². The SMILES string of the molecule is NC(=O)c1ccc(N=C(N)N)cc1.O=[N+]([O-])O. The zero-order valence-electron chi connectivity index (χ0n) is 8.61. The van der Waals surface area contributed by atoms with E-state index in [1.54, 1.807) is 24.3 Å². The maximum atomic E-state index is 10.7. The Balaban J connectivity index is 0.000000557. The normalized spacial score (nSPS) is 8.47. The van der Waals surface area contributed by atoms with Crippen molar-refractivity contribution >= 4 is 17.6 Å². The number of hydrogen-bond acceptors (Lipinski definition) is 4. The summed E-state index contributed by atoms with van der Waals surface area (Å²) in [6.45, 7) is 0. The zero-order chi connectivity index (χ0) is 13.4. The van der Waals surface area contributed by atoms with E-state index in [1.165, 1.54) is 0 Å². The lowest BCUT2D eigenvalue weighted by atomic mass is 10.2. The van der Waals surface area contributed by atoms with Gasteiger partial charge in [0.15, 0.2) is 5.96 Å². The lowest BCUT2D eigenvalue weighted by Crippen LogP contribution is -2.21. The summed E-state index contributed by atoms with van der Waals surface area (Å²) in [7, 11) is 0. The maximum Gasteiger partial charge on any atom is 0.291 e. The minimum absolute atomic E-state index is 0.0215. The van der Waals surface area contributed by atoms with Crippen LogP contribution in [0.3, 0.4) is 0 Å². The fourth-order valence-corrected chi connectivity index (χ4v) is 0.849. The van der Waals surface area contributed by atoms with Crippen molar-refractivity contribution in [2.45, 2.75) is 0 Å². The number of aliphatic imine (C=N–C) groups is 1. The van der Waals surface area contributed by atoms with Gasteiger partial charge in [-0.3, -0.25) is 4.79 Å². The van der Waals surface area contributed by atoms with Crippen LogP contribution in [0.1, 0.15) is 10.4 Å². The summed E-state index contributed by atoms with van der Waals surface area (Å²) in [6.07, 6.45) is 0. The van der Waals surface area contributed by atoms with E-state index in [0.717, 1.165) is 0 Å². The Bertz CT molecular complexity index is 420. The summed E-state index contributed by atoms with van der Waals surface area (Å²) in [5, 5.41) is 13.6. The number of carbonyl (C=O) groups is 1. The molecule has 0 aliphatic rings. The standard InChI is InChI=1S/C8H10N4O.HNO3/c9-7(13)5-1-3-6(4-2-5)12-8(10)11;2-1(3)4/h1-4H,(H2,9,13)(H4,10,11,12);(H,2,3,4). The molecule has 0 aliphatic heterocycles. The van der Waals surface area contributed by atoms with E-state index in [9.17, 15) is 4.79 Å². The van der Waals surface area contributed by atoms with Crippen LogP contribution in [0.15, 0.2) is 29.3 Å². The molecular weight excluding hydrogens is 230 g/mol. The number of hydrogen-bond donors (Lipinski definition) is 4. The fourth-order valence-electron chi connectivity index (χ4n) is 0.849. The second kappa shape index (κ2) is 6.61. The molecule has 1 aromatic rings. The minimum atomic E-state index is -1.50. The Morgan fingerprint density at radius 1 is 1.24 bits per heavy atom. The molecule has 0 radical (unpaired) electrons. The van der Waals surface area contributed by atoms with E-state index in [0.29, 0.717) is 11.3 Å². The molecule has 0 aromatic heterocycles. The van der Waals surface area contributed by atoms with Gasteiger partial charge in [0.2, 0.25) is 5.91 Å². The van der Waals surface area contributed by atoms with Crippen molar-refractivity contribution < 1.29 is 15.1 Å². The third kappa shape index (κ3) is 7.13. The highest BCUT2D eigenvalue weighted by Gasteiger charge is 1.98. The molecule has 1 rings (SSSR count). The van der Waals surface area contributed by atoms with Crippen LogP contribution < -0.4 is 17.2 Å². The van der Waals surface area contributed by atoms with E-state index < -0.39 is 11.0 Å². The highest BCUT2D eigenvalue weighted by molar-refractivity contribution is 5.93. The van der Waals surface area contributed by atoms with Crippen molar-refractivity contribution in [1.82, 2.24) is 0 Å². The Kier molecular flexibility index (Phi) is 5.50. The quantitative estimate of drug-likeness (QED) is 0.231. The number of primary amides is 1. The van der Waals surface area contributed by atoms with Crippen LogP contribution in [0.4, 0.5) is 5.69 Å². The summed E-state index contributed by atoms with van der Waals surface area (Å²) in [5.41, 5.74) is 16.4. The summed E-state index contributed by atoms with van der Waals surface area (Å²) in [6, 6.07) is 6.34. The lowest BCUT2D eigenvalue weighted by molar-refractivity contribution is -0.742. The molecule has 0 saturated carbocycles. The van der Waals surface area contributed by atoms with Crippen molar-refractivity contribution in [2.75, 3.05) is 0 Å². The lowest BCUT2D eigenvalue weighted by Gasteiger charge is -1.96. The summed E-state index contributed by atoms with van der Waals surface area (Å²) in [5.74, 6) is -0.497. The Labute approximate surface area is 95.6 Å². The minimum Gasteiger partial charge on any atom is -0.370 e. The predicted molar refractivity (Wildman–Crippen MR) is 59.2 cm³/mol. The molecule has 0 atom stereocenters. The second-order valence-corrected chi connectivity index (χ2v) is 2.69. The zero-order valence-corrected chi connectivity index (χ0v) is 8.61. The topological polar surface area (TPSA) is 171 Å². The van der Waals surface area contributed by atoms with Crippen molar-refractivity contribution in [2.24, 2.45) is 22.2 Å². The number of carbonyl (C=O) groups excluding carboxylic acids is 1. The highest BCUT2D eigenvalue weighted by Crippen LogP contribution is 2.11. The summed E-state index contributed by atoms with van der Waals surface area (Å²) >= 11 is 0. The van der Waals surface area contributed by atoms with Gasteiger partial charge < -0.3 is 22.4 Å². The monoisotopic (exact) mass is 241 g/mol. The molecule has 17 heavy (non-hydrogen) atoms. The van der Waals surface area contributed by atoms with Crippen LogP contribution in [0.25, 0.3) is 0 Å². The molecule has 0 spiro atoms. The van der Waals surface area contributed by atoms with E-state index in [4.69, 9.17) is 32.5 Å². The molecule has 92 valence electrons. The first-order valence-electron chi connectivity index (χ1n) is 4.15. The third-order valence-electron chi connectivity index (χ3n) is 1.41. The van der Waals surface area contributed by atoms with Gasteiger partial charge in [0.1, 0.15) is 0 Å². The molecule has 1 amide bonds. The van der Waals surface area contributed by atoms with Crippen molar-refractivity contribution in [3.8, 4) is 0 Å².